The third-order valence-electron chi connectivity index (χ3n) is 3.67. The van der Waals surface area contributed by atoms with E-state index < -0.39 is 0 Å². The minimum Gasteiger partial charge on any atom is -0.383 e. The summed E-state index contributed by atoms with van der Waals surface area (Å²) in [4.78, 5) is 4.41. The maximum Gasteiger partial charge on any atom is 0.188 e. The molecule has 0 aliphatic heterocycles. The van der Waals surface area contributed by atoms with Crippen LogP contribution >= 0.6 is 24.0 Å². The molecule has 1 atom stereocenters. The van der Waals surface area contributed by atoms with Gasteiger partial charge in [0.15, 0.2) is 5.96 Å². The number of guanidine groups is 1. The second-order valence-electron chi connectivity index (χ2n) is 5.49. The van der Waals surface area contributed by atoms with Crippen LogP contribution < -0.4 is 11.1 Å². The molecule has 21 heavy (non-hydrogen) atoms. The number of methoxy groups -OCH3 is 1. The van der Waals surface area contributed by atoms with E-state index in [4.69, 9.17) is 10.5 Å². The monoisotopic (exact) mass is 407 g/mol. The molecule has 0 amide bonds. The Kier molecular flexibility index (Phi) is 6.86. The zero-order valence-electron chi connectivity index (χ0n) is 12.4. The number of hydrogen-bond acceptors (Lipinski definition) is 2. The van der Waals surface area contributed by atoms with Crippen molar-refractivity contribution < 1.29 is 9.13 Å². The fraction of sp³-hybridized carbons (Fsp3) is 0.533. The van der Waals surface area contributed by atoms with Crippen LogP contribution in [0.1, 0.15) is 25.3 Å². The van der Waals surface area contributed by atoms with Crippen molar-refractivity contribution in [3.8, 4) is 0 Å². The third-order valence-corrected chi connectivity index (χ3v) is 3.67. The molecule has 0 saturated heterocycles. The average molecular weight is 407 g/mol. The number of nitrogens with zero attached hydrogens (tertiary/aromatic N) is 1. The quantitative estimate of drug-likeness (QED) is 0.433. The number of nitrogens with two attached hydrogens (primary N) is 1. The summed E-state index contributed by atoms with van der Waals surface area (Å²) in [5.74, 6) is 0.227. The van der Waals surface area contributed by atoms with Gasteiger partial charge in [-0.2, -0.15) is 0 Å². The van der Waals surface area contributed by atoms with E-state index in [1.807, 2.05) is 19.1 Å². The summed E-state index contributed by atoms with van der Waals surface area (Å²) in [7, 11) is 1.65. The molecule has 0 radical (unpaired) electrons. The number of nitrogens with one attached hydrogen (secondary N) is 1. The Balaban J connectivity index is 0.00000220. The van der Waals surface area contributed by atoms with Gasteiger partial charge in [0.1, 0.15) is 5.82 Å². The zero-order chi connectivity index (χ0) is 14.6. The predicted octanol–water partition coefficient (Wildman–Crippen LogP) is 2.41. The van der Waals surface area contributed by atoms with Gasteiger partial charge >= 0.3 is 0 Å². The molecule has 1 aliphatic rings. The van der Waals surface area contributed by atoms with E-state index in [2.05, 4.69) is 10.3 Å². The first-order valence-electron chi connectivity index (χ1n) is 6.87. The molecule has 1 aliphatic carbocycles. The Morgan fingerprint density at radius 2 is 2.05 bits per heavy atom. The lowest BCUT2D eigenvalue weighted by Crippen LogP contribution is -2.41. The second-order valence-corrected chi connectivity index (χ2v) is 5.49. The van der Waals surface area contributed by atoms with Crippen LogP contribution in [0.25, 0.3) is 0 Å². The molecule has 1 aromatic carbocycles. The molecule has 2 rings (SSSR count). The molecule has 1 aromatic rings. The summed E-state index contributed by atoms with van der Waals surface area (Å²) in [5.41, 5.74) is 7.05. The summed E-state index contributed by atoms with van der Waals surface area (Å²) in [6.07, 6.45) is 2.14. The van der Waals surface area contributed by atoms with Crippen LogP contribution in [0.5, 0.6) is 0 Å². The highest BCUT2D eigenvalue weighted by Crippen LogP contribution is 2.48. The molecule has 0 aromatic heterocycles. The zero-order valence-corrected chi connectivity index (χ0v) is 14.8. The largest absolute Gasteiger partial charge is 0.383 e. The van der Waals surface area contributed by atoms with Gasteiger partial charge in [-0.1, -0.05) is 12.1 Å². The number of rotatable bonds is 6. The summed E-state index contributed by atoms with van der Waals surface area (Å²) in [5, 5.41) is 3.08. The lowest BCUT2D eigenvalue weighted by molar-refractivity contribution is 0.179. The Morgan fingerprint density at radius 1 is 1.43 bits per heavy atom. The van der Waals surface area contributed by atoms with Crippen molar-refractivity contribution in [2.24, 2.45) is 10.7 Å². The fourth-order valence-electron chi connectivity index (χ4n) is 2.32. The summed E-state index contributed by atoms with van der Waals surface area (Å²) in [6, 6.07) is 6.82. The van der Waals surface area contributed by atoms with Gasteiger partial charge in [0.2, 0.25) is 0 Å². The van der Waals surface area contributed by atoms with Gasteiger partial charge in [-0.3, -0.25) is 4.99 Å². The van der Waals surface area contributed by atoms with Crippen LogP contribution in [-0.2, 0) is 10.2 Å². The van der Waals surface area contributed by atoms with Crippen LogP contribution in [0, 0.1) is 5.82 Å². The Morgan fingerprint density at radius 3 is 2.57 bits per heavy atom. The van der Waals surface area contributed by atoms with Crippen LogP contribution in [0.3, 0.4) is 0 Å². The highest BCUT2D eigenvalue weighted by molar-refractivity contribution is 14.0. The minimum absolute atomic E-state index is 0. The van der Waals surface area contributed by atoms with Crippen LogP contribution in [0.15, 0.2) is 29.3 Å². The first-order valence-corrected chi connectivity index (χ1v) is 6.87. The number of hydrogen-bond donors (Lipinski definition) is 2. The predicted molar refractivity (Wildman–Crippen MR) is 93.7 cm³/mol. The maximum atomic E-state index is 13.0. The van der Waals surface area contributed by atoms with Crippen molar-refractivity contribution in [2.75, 3.05) is 20.3 Å². The first kappa shape index (κ1) is 18.2. The minimum atomic E-state index is -0.206. The molecule has 6 heteroatoms. The number of aliphatic imine (C=N–C) groups is 1. The van der Waals surface area contributed by atoms with E-state index in [0.717, 1.165) is 18.4 Å². The molecule has 1 unspecified atom stereocenters. The molecule has 1 saturated carbocycles. The Labute approximate surface area is 142 Å². The van der Waals surface area contributed by atoms with Crippen LogP contribution in [-0.4, -0.2) is 32.3 Å². The fourth-order valence-corrected chi connectivity index (χ4v) is 2.32. The van der Waals surface area contributed by atoms with Crippen molar-refractivity contribution >= 4 is 29.9 Å². The Hall–Kier alpha value is -0.890. The van der Waals surface area contributed by atoms with Crippen LogP contribution in [0.2, 0.25) is 0 Å². The standard InChI is InChI=1S/C15H22FN3O.HI/c1-11(9-20-2)19-14(17)18-10-15(7-8-15)12-3-5-13(16)6-4-12;/h3-6,11H,7-10H2,1-2H3,(H3,17,18,19);1H. The maximum absolute atomic E-state index is 13.0. The molecule has 3 N–H and O–H groups in total. The van der Waals surface area contributed by atoms with Gasteiger partial charge < -0.3 is 15.8 Å². The molecule has 0 spiro atoms. The van der Waals surface area contributed by atoms with Gasteiger partial charge in [0, 0.05) is 18.6 Å². The molecule has 0 heterocycles. The second kappa shape index (κ2) is 7.93. The SMILES string of the molecule is COCC(C)NC(N)=NCC1(c2ccc(F)cc2)CC1.I. The number of ether oxygens (including phenoxy) is 1. The first-order chi connectivity index (χ1) is 9.55. The number of benzene rings is 1. The van der Waals surface area contributed by atoms with Crippen molar-refractivity contribution in [1.82, 2.24) is 5.32 Å². The molecule has 4 nitrogen and oxygen atoms in total. The smallest absolute Gasteiger partial charge is 0.188 e. The third kappa shape index (κ3) is 5.10. The van der Waals surface area contributed by atoms with Gasteiger partial charge in [-0.25, -0.2) is 4.39 Å². The highest BCUT2D eigenvalue weighted by atomic mass is 127. The van der Waals surface area contributed by atoms with E-state index >= 15 is 0 Å². The normalized spacial score (nSPS) is 17.8. The van der Waals surface area contributed by atoms with E-state index in [9.17, 15) is 4.39 Å². The van der Waals surface area contributed by atoms with Crippen molar-refractivity contribution in [2.45, 2.75) is 31.2 Å². The van der Waals surface area contributed by atoms with E-state index in [1.165, 1.54) is 12.1 Å². The van der Waals surface area contributed by atoms with Crippen molar-refractivity contribution in [1.29, 1.82) is 0 Å². The van der Waals surface area contributed by atoms with Gasteiger partial charge in [0.05, 0.1) is 13.2 Å². The molecular formula is C15H23FIN3O. The average Bonchev–Trinajstić information content (AvgIpc) is 3.18. The summed E-state index contributed by atoms with van der Waals surface area (Å²) >= 11 is 0. The van der Waals surface area contributed by atoms with E-state index in [1.54, 1.807) is 7.11 Å². The molecule has 1 fully saturated rings. The molecule has 118 valence electrons. The van der Waals surface area contributed by atoms with Crippen LogP contribution in [0.4, 0.5) is 4.39 Å². The Bertz CT molecular complexity index is 474. The van der Waals surface area contributed by atoms with E-state index in [0.29, 0.717) is 19.1 Å². The summed E-state index contributed by atoms with van der Waals surface area (Å²) in [6.45, 7) is 3.20. The van der Waals surface area contributed by atoms with Crippen molar-refractivity contribution in [3.63, 3.8) is 0 Å². The topological polar surface area (TPSA) is 59.6 Å². The summed E-state index contributed by atoms with van der Waals surface area (Å²) < 4.78 is 18.0. The lowest BCUT2D eigenvalue weighted by atomic mass is 9.96. The highest BCUT2D eigenvalue weighted by Gasteiger charge is 2.44. The molecule has 0 bridgehead atoms. The van der Waals surface area contributed by atoms with Crippen molar-refractivity contribution in [3.05, 3.63) is 35.6 Å². The lowest BCUT2D eigenvalue weighted by Gasteiger charge is -2.16. The van der Waals surface area contributed by atoms with Gasteiger partial charge in [-0.15, -0.1) is 24.0 Å². The number of halogens is 2. The van der Waals surface area contributed by atoms with Gasteiger partial charge in [-0.05, 0) is 37.5 Å². The molecular weight excluding hydrogens is 384 g/mol. The van der Waals surface area contributed by atoms with E-state index in [-0.39, 0.29) is 41.3 Å². The van der Waals surface area contributed by atoms with Gasteiger partial charge in [0.25, 0.3) is 0 Å².